The minimum absolute atomic E-state index is 0.700. The molecule has 0 unspecified atom stereocenters. The van der Waals surface area contributed by atoms with Crippen LogP contribution in [0.15, 0.2) is 54.6 Å². The maximum Gasteiger partial charge on any atom is 0.166 e. The summed E-state index contributed by atoms with van der Waals surface area (Å²) in [4.78, 5) is 3.44. The van der Waals surface area contributed by atoms with Crippen molar-refractivity contribution in [3.8, 4) is 0 Å². The second-order valence-corrected chi connectivity index (χ2v) is 6.03. The van der Waals surface area contributed by atoms with E-state index in [1.165, 1.54) is 27.7 Å². The average Bonchev–Trinajstić information content (AvgIpc) is 2.90. The zero-order valence-electron chi connectivity index (χ0n) is 13.2. The molecule has 3 N–H and O–H groups in total. The molecule has 0 aliphatic carbocycles. The topological polar surface area (TPSA) is 39.9 Å². The lowest BCUT2D eigenvalue weighted by atomic mass is 10.1. The molecule has 23 heavy (non-hydrogen) atoms. The van der Waals surface area contributed by atoms with E-state index >= 15 is 0 Å². The highest BCUT2D eigenvalue weighted by Gasteiger charge is 2.07. The molecule has 1 aromatic heterocycles. The molecule has 0 saturated carbocycles. The second kappa shape index (κ2) is 7.29. The third-order valence-corrected chi connectivity index (χ3v) is 4.27. The normalized spacial score (nSPS) is 10.7. The van der Waals surface area contributed by atoms with E-state index in [1.54, 1.807) is 0 Å². The maximum atomic E-state index is 5.35. The van der Waals surface area contributed by atoms with Gasteiger partial charge in [0, 0.05) is 29.7 Å². The number of aryl methyl sites for hydroxylation is 1. The van der Waals surface area contributed by atoms with E-state index in [4.69, 9.17) is 12.2 Å². The van der Waals surface area contributed by atoms with E-state index in [1.807, 2.05) is 18.2 Å². The summed E-state index contributed by atoms with van der Waals surface area (Å²) in [5.41, 5.74) is 5.02. The van der Waals surface area contributed by atoms with Crippen molar-refractivity contribution < 1.29 is 0 Å². The van der Waals surface area contributed by atoms with Crippen LogP contribution in [0.25, 0.3) is 10.9 Å². The van der Waals surface area contributed by atoms with Crippen molar-refractivity contribution >= 4 is 28.2 Å². The van der Waals surface area contributed by atoms with Crippen molar-refractivity contribution in [2.45, 2.75) is 19.9 Å². The Morgan fingerprint density at radius 1 is 1.00 bits per heavy atom. The Kier molecular flexibility index (Phi) is 4.93. The van der Waals surface area contributed by atoms with Crippen molar-refractivity contribution in [3.05, 3.63) is 71.4 Å². The lowest BCUT2D eigenvalue weighted by Crippen LogP contribution is -2.35. The Balaban J connectivity index is 1.50. The molecule has 0 radical (unpaired) electrons. The Bertz CT molecular complexity index is 793. The van der Waals surface area contributed by atoms with Crippen molar-refractivity contribution in [2.24, 2.45) is 0 Å². The van der Waals surface area contributed by atoms with Gasteiger partial charge in [0.05, 0.1) is 0 Å². The Hall–Kier alpha value is -2.33. The molecule has 2 aromatic carbocycles. The van der Waals surface area contributed by atoms with E-state index in [0.717, 1.165) is 19.5 Å². The quantitative estimate of drug-likeness (QED) is 0.627. The van der Waals surface area contributed by atoms with E-state index in [2.05, 4.69) is 58.9 Å². The summed E-state index contributed by atoms with van der Waals surface area (Å²) in [5.74, 6) is 0. The highest BCUT2D eigenvalue weighted by molar-refractivity contribution is 7.80. The van der Waals surface area contributed by atoms with Gasteiger partial charge in [0.15, 0.2) is 5.11 Å². The molecule has 4 heteroatoms. The van der Waals surface area contributed by atoms with Gasteiger partial charge in [-0.1, -0.05) is 48.5 Å². The maximum absolute atomic E-state index is 5.35. The lowest BCUT2D eigenvalue weighted by molar-refractivity contribution is 0.814. The fourth-order valence-corrected chi connectivity index (χ4v) is 2.97. The first-order valence-corrected chi connectivity index (χ1v) is 8.26. The summed E-state index contributed by atoms with van der Waals surface area (Å²) in [6, 6.07) is 18.7. The first-order chi connectivity index (χ1) is 11.2. The van der Waals surface area contributed by atoms with Crippen molar-refractivity contribution in [2.75, 3.05) is 6.54 Å². The van der Waals surface area contributed by atoms with Gasteiger partial charge in [-0.05, 0) is 42.8 Å². The second-order valence-electron chi connectivity index (χ2n) is 5.62. The zero-order chi connectivity index (χ0) is 16.1. The van der Waals surface area contributed by atoms with Crippen LogP contribution in [-0.2, 0) is 13.0 Å². The molecule has 0 fully saturated rings. The molecular weight excluding hydrogens is 302 g/mol. The molecule has 118 valence electrons. The first-order valence-electron chi connectivity index (χ1n) is 7.86. The van der Waals surface area contributed by atoms with Crippen LogP contribution in [0.4, 0.5) is 0 Å². The number of hydrogen-bond acceptors (Lipinski definition) is 1. The largest absolute Gasteiger partial charge is 0.362 e. The van der Waals surface area contributed by atoms with Gasteiger partial charge in [0.2, 0.25) is 0 Å². The van der Waals surface area contributed by atoms with Crippen LogP contribution in [0.1, 0.15) is 16.8 Å². The molecule has 3 aromatic rings. The van der Waals surface area contributed by atoms with Crippen LogP contribution in [0.2, 0.25) is 0 Å². The summed E-state index contributed by atoms with van der Waals surface area (Å²) in [5, 5.41) is 8.53. The molecule has 0 atom stereocenters. The molecule has 0 bridgehead atoms. The molecule has 1 heterocycles. The summed E-state index contributed by atoms with van der Waals surface area (Å²) < 4.78 is 0. The van der Waals surface area contributed by atoms with E-state index in [-0.39, 0.29) is 0 Å². The van der Waals surface area contributed by atoms with Crippen LogP contribution in [0, 0.1) is 6.92 Å². The summed E-state index contributed by atoms with van der Waals surface area (Å²) in [6.45, 7) is 3.70. The number of hydrogen-bond donors (Lipinski definition) is 3. The number of aromatic nitrogens is 1. The van der Waals surface area contributed by atoms with Crippen LogP contribution in [0.3, 0.4) is 0 Å². The van der Waals surface area contributed by atoms with Crippen LogP contribution in [0.5, 0.6) is 0 Å². The van der Waals surface area contributed by atoms with Crippen molar-refractivity contribution in [1.29, 1.82) is 0 Å². The van der Waals surface area contributed by atoms with Crippen LogP contribution < -0.4 is 10.6 Å². The number of aromatic amines is 1. The minimum atomic E-state index is 0.700. The fraction of sp³-hybridized carbons (Fsp3) is 0.211. The van der Waals surface area contributed by atoms with Gasteiger partial charge in [-0.2, -0.15) is 0 Å². The third-order valence-electron chi connectivity index (χ3n) is 3.98. The number of thiocarbonyl (C=S) groups is 1. The van der Waals surface area contributed by atoms with Gasteiger partial charge in [-0.3, -0.25) is 0 Å². The fourth-order valence-electron chi connectivity index (χ4n) is 2.80. The number of benzene rings is 2. The number of rotatable bonds is 5. The molecule has 0 amide bonds. The van der Waals surface area contributed by atoms with E-state index in [0.29, 0.717) is 5.11 Å². The van der Waals surface area contributed by atoms with Gasteiger partial charge < -0.3 is 15.6 Å². The van der Waals surface area contributed by atoms with Crippen molar-refractivity contribution in [1.82, 2.24) is 15.6 Å². The highest BCUT2D eigenvalue weighted by Crippen LogP contribution is 2.21. The molecule has 3 nitrogen and oxygen atoms in total. The summed E-state index contributed by atoms with van der Waals surface area (Å²) >= 11 is 5.35. The predicted molar refractivity (Wildman–Crippen MR) is 101 cm³/mol. The summed E-state index contributed by atoms with van der Waals surface area (Å²) in [7, 11) is 0. The van der Waals surface area contributed by atoms with Crippen LogP contribution >= 0.6 is 12.2 Å². The number of H-pyrrole nitrogens is 1. The SMILES string of the molecule is Cc1[nH]c2ccccc2c1CCNC(=S)NCc1ccccc1. The standard InChI is InChI=1S/C19H21N3S/c1-14-16(17-9-5-6-10-18(17)22-14)11-12-20-19(23)21-13-15-7-3-2-4-8-15/h2-10,22H,11-13H2,1H3,(H2,20,21,23). The Morgan fingerprint density at radius 3 is 2.57 bits per heavy atom. The van der Waals surface area contributed by atoms with E-state index < -0.39 is 0 Å². The number of para-hydroxylation sites is 1. The summed E-state index contributed by atoms with van der Waals surface area (Å²) in [6.07, 6.45) is 0.947. The van der Waals surface area contributed by atoms with Gasteiger partial charge in [0.25, 0.3) is 0 Å². The molecule has 0 spiro atoms. The minimum Gasteiger partial charge on any atom is -0.362 e. The van der Waals surface area contributed by atoms with Gasteiger partial charge in [-0.15, -0.1) is 0 Å². The number of fused-ring (bicyclic) bond motifs is 1. The van der Waals surface area contributed by atoms with Gasteiger partial charge in [0.1, 0.15) is 0 Å². The molecular formula is C19H21N3S. The average molecular weight is 323 g/mol. The third kappa shape index (κ3) is 3.90. The first kappa shape index (κ1) is 15.6. The van der Waals surface area contributed by atoms with Crippen LogP contribution in [-0.4, -0.2) is 16.6 Å². The van der Waals surface area contributed by atoms with E-state index in [9.17, 15) is 0 Å². The smallest absolute Gasteiger partial charge is 0.166 e. The molecule has 0 saturated heterocycles. The molecule has 3 rings (SSSR count). The lowest BCUT2D eigenvalue weighted by Gasteiger charge is -2.10. The molecule has 0 aliphatic heterocycles. The predicted octanol–water partition coefficient (Wildman–Crippen LogP) is 3.68. The highest BCUT2D eigenvalue weighted by atomic mass is 32.1. The van der Waals surface area contributed by atoms with Crippen molar-refractivity contribution in [3.63, 3.8) is 0 Å². The monoisotopic (exact) mass is 323 g/mol. The van der Waals surface area contributed by atoms with Gasteiger partial charge in [-0.25, -0.2) is 0 Å². The zero-order valence-corrected chi connectivity index (χ0v) is 14.0. The Morgan fingerprint density at radius 2 is 1.74 bits per heavy atom. The molecule has 0 aliphatic rings. The number of nitrogens with one attached hydrogen (secondary N) is 3. The van der Waals surface area contributed by atoms with Gasteiger partial charge >= 0.3 is 0 Å². The Labute approximate surface area is 142 Å².